The molecule has 2 aromatic rings. The van der Waals surface area contributed by atoms with Crippen LogP contribution in [-0.2, 0) is 14.3 Å². The molecule has 1 saturated heterocycles. The van der Waals surface area contributed by atoms with Gasteiger partial charge in [-0.3, -0.25) is 4.79 Å². The van der Waals surface area contributed by atoms with E-state index in [0.717, 1.165) is 42.0 Å². The summed E-state index contributed by atoms with van der Waals surface area (Å²) in [7, 11) is 3.13. The number of hydrogen-bond donors (Lipinski definition) is 1. The van der Waals surface area contributed by atoms with Crippen LogP contribution < -0.4 is 10.2 Å². The van der Waals surface area contributed by atoms with Gasteiger partial charge in [0.1, 0.15) is 17.0 Å². The molecule has 0 saturated carbocycles. The summed E-state index contributed by atoms with van der Waals surface area (Å²) >= 11 is 1.71. The summed E-state index contributed by atoms with van der Waals surface area (Å²) in [5.41, 5.74) is 1.26. The molecule has 0 atom stereocenters. The molecule has 7 nitrogen and oxygen atoms in total. The second-order valence-electron chi connectivity index (χ2n) is 6.57. The molecule has 0 aromatic carbocycles. The van der Waals surface area contributed by atoms with Crippen molar-refractivity contribution in [1.29, 1.82) is 0 Å². The number of aryl methyl sites for hydroxylation is 2. The van der Waals surface area contributed by atoms with Crippen molar-refractivity contribution < 1.29 is 14.3 Å². The fourth-order valence-electron chi connectivity index (χ4n) is 3.35. The van der Waals surface area contributed by atoms with E-state index in [1.165, 1.54) is 10.4 Å². The lowest BCUT2D eigenvalue weighted by molar-refractivity contribution is -0.131. The van der Waals surface area contributed by atoms with Gasteiger partial charge < -0.3 is 19.7 Å². The maximum atomic E-state index is 12.4. The van der Waals surface area contributed by atoms with E-state index in [1.807, 2.05) is 0 Å². The van der Waals surface area contributed by atoms with E-state index in [-0.39, 0.29) is 11.8 Å². The van der Waals surface area contributed by atoms with E-state index < -0.39 is 6.29 Å². The van der Waals surface area contributed by atoms with Crippen LogP contribution in [0, 0.1) is 19.8 Å². The first kappa shape index (κ1) is 19.0. The zero-order valence-electron chi connectivity index (χ0n) is 15.7. The summed E-state index contributed by atoms with van der Waals surface area (Å²) in [6, 6.07) is 0. The molecular weight excluding hydrogens is 352 g/mol. The minimum atomic E-state index is -0.404. The highest BCUT2D eigenvalue weighted by Crippen LogP contribution is 2.35. The van der Waals surface area contributed by atoms with Crippen LogP contribution in [0.1, 0.15) is 23.3 Å². The van der Waals surface area contributed by atoms with Crippen LogP contribution in [0.4, 0.5) is 5.82 Å². The van der Waals surface area contributed by atoms with Gasteiger partial charge in [0.25, 0.3) is 0 Å². The number of ether oxygens (including phenoxy) is 2. The summed E-state index contributed by atoms with van der Waals surface area (Å²) in [4.78, 5) is 25.9. The van der Waals surface area contributed by atoms with Gasteiger partial charge in [-0.1, -0.05) is 0 Å². The number of nitrogens with zero attached hydrogens (tertiary/aromatic N) is 3. The van der Waals surface area contributed by atoms with Gasteiger partial charge in [-0.05, 0) is 32.3 Å². The van der Waals surface area contributed by atoms with Crippen LogP contribution in [-0.4, -0.2) is 56.0 Å². The topological polar surface area (TPSA) is 76.6 Å². The lowest BCUT2D eigenvalue weighted by atomic mass is 9.95. The van der Waals surface area contributed by atoms with Crippen molar-refractivity contribution in [3.05, 3.63) is 16.8 Å². The minimum Gasteiger partial charge on any atom is -0.356 e. The van der Waals surface area contributed by atoms with Crippen LogP contribution in [0.3, 0.4) is 0 Å². The van der Waals surface area contributed by atoms with Gasteiger partial charge in [-0.15, -0.1) is 11.3 Å². The van der Waals surface area contributed by atoms with Crippen LogP contribution >= 0.6 is 11.3 Å². The van der Waals surface area contributed by atoms with Gasteiger partial charge in [-0.2, -0.15) is 0 Å². The minimum absolute atomic E-state index is 0.0169. The van der Waals surface area contributed by atoms with Crippen LogP contribution in [0.15, 0.2) is 6.33 Å². The predicted octanol–water partition coefficient (Wildman–Crippen LogP) is 2.26. The molecule has 1 amide bonds. The molecule has 1 aliphatic heterocycles. The lowest BCUT2D eigenvalue weighted by Crippen LogP contribution is -2.43. The SMILES string of the molecule is COC(CNC(=O)C1CCN(c2ncnc3sc(C)c(C)c23)CC1)OC. The monoisotopic (exact) mass is 378 g/mol. The molecule has 1 N–H and O–H groups in total. The third kappa shape index (κ3) is 3.82. The van der Waals surface area contributed by atoms with Gasteiger partial charge >= 0.3 is 0 Å². The van der Waals surface area contributed by atoms with Crippen molar-refractivity contribution >= 4 is 33.3 Å². The van der Waals surface area contributed by atoms with Gasteiger partial charge in [0, 0.05) is 38.1 Å². The molecule has 2 aromatic heterocycles. The molecule has 0 spiro atoms. The van der Waals surface area contributed by atoms with E-state index >= 15 is 0 Å². The quantitative estimate of drug-likeness (QED) is 0.777. The van der Waals surface area contributed by atoms with E-state index in [9.17, 15) is 4.79 Å². The Hall–Kier alpha value is -1.77. The summed E-state index contributed by atoms with van der Waals surface area (Å²) in [5, 5.41) is 4.07. The Morgan fingerprint density at radius 3 is 2.65 bits per heavy atom. The highest BCUT2D eigenvalue weighted by Gasteiger charge is 2.27. The number of carbonyl (C=O) groups is 1. The molecule has 8 heteroatoms. The van der Waals surface area contributed by atoms with Crippen LogP contribution in [0.25, 0.3) is 10.2 Å². The normalized spacial score (nSPS) is 15.8. The standard InChI is InChI=1S/C18H26N4O3S/c1-11-12(2)26-18-15(11)16(20-10-21-18)22-7-5-13(6-8-22)17(23)19-9-14(24-3)25-4/h10,13-14H,5-9H2,1-4H3,(H,19,23). The lowest BCUT2D eigenvalue weighted by Gasteiger charge is -2.32. The number of hydrogen-bond acceptors (Lipinski definition) is 7. The number of aromatic nitrogens is 2. The fourth-order valence-corrected chi connectivity index (χ4v) is 4.34. The van der Waals surface area contributed by atoms with Crippen molar-refractivity contribution in [3.63, 3.8) is 0 Å². The zero-order valence-corrected chi connectivity index (χ0v) is 16.6. The number of rotatable bonds is 6. The molecule has 3 heterocycles. The van der Waals surface area contributed by atoms with Crippen molar-refractivity contribution in [2.24, 2.45) is 5.92 Å². The highest BCUT2D eigenvalue weighted by atomic mass is 32.1. The first-order chi connectivity index (χ1) is 12.5. The van der Waals surface area contributed by atoms with Crippen molar-refractivity contribution in [3.8, 4) is 0 Å². The smallest absolute Gasteiger partial charge is 0.223 e. The second kappa shape index (κ2) is 8.28. The number of anilines is 1. The van der Waals surface area contributed by atoms with Crippen molar-refractivity contribution in [2.75, 3.05) is 38.8 Å². The average Bonchev–Trinajstić information content (AvgIpc) is 2.96. The maximum absolute atomic E-state index is 12.4. The number of thiophene rings is 1. The summed E-state index contributed by atoms with van der Waals surface area (Å²) < 4.78 is 10.2. The van der Waals surface area contributed by atoms with E-state index in [1.54, 1.807) is 31.9 Å². The Morgan fingerprint density at radius 2 is 2.00 bits per heavy atom. The zero-order chi connectivity index (χ0) is 18.7. The molecule has 142 valence electrons. The fraction of sp³-hybridized carbons (Fsp3) is 0.611. The molecule has 0 radical (unpaired) electrons. The Kier molecular flexibility index (Phi) is 6.05. The summed E-state index contributed by atoms with van der Waals surface area (Å²) in [5.74, 6) is 1.08. The molecule has 1 aliphatic rings. The van der Waals surface area contributed by atoms with Crippen molar-refractivity contribution in [2.45, 2.75) is 33.0 Å². The summed E-state index contributed by atoms with van der Waals surface area (Å²) in [6.07, 6.45) is 2.86. The molecule has 0 unspecified atom stereocenters. The Morgan fingerprint density at radius 1 is 1.31 bits per heavy atom. The van der Waals surface area contributed by atoms with Gasteiger partial charge in [0.2, 0.25) is 5.91 Å². The molecular formula is C18H26N4O3S. The number of fused-ring (bicyclic) bond motifs is 1. The first-order valence-electron chi connectivity index (χ1n) is 8.84. The number of piperidine rings is 1. The summed E-state index contributed by atoms with van der Waals surface area (Å²) in [6.45, 7) is 6.25. The molecule has 0 aliphatic carbocycles. The van der Waals surface area contributed by atoms with Gasteiger partial charge in [0.05, 0.1) is 11.9 Å². The van der Waals surface area contributed by atoms with E-state index in [4.69, 9.17) is 9.47 Å². The Labute approximate surface area is 157 Å². The van der Waals surface area contributed by atoms with E-state index in [0.29, 0.717) is 6.54 Å². The first-order valence-corrected chi connectivity index (χ1v) is 9.65. The third-order valence-corrected chi connectivity index (χ3v) is 6.19. The van der Waals surface area contributed by atoms with Gasteiger partial charge in [-0.25, -0.2) is 9.97 Å². The molecule has 3 rings (SSSR count). The number of carbonyl (C=O) groups excluding carboxylic acids is 1. The van der Waals surface area contributed by atoms with Gasteiger partial charge in [0.15, 0.2) is 6.29 Å². The molecule has 0 bridgehead atoms. The van der Waals surface area contributed by atoms with Crippen LogP contribution in [0.2, 0.25) is 0 Å². The largest absolute Gasteiger partial charge is 0.356 e. The van der Waals surface area contributed by atoms with Crippen molar-refractivity contribution in [1.82, 2.24) is 15.3 Å². The maximum Gasteiger partial charge on any atom is 0.223 e. The third-order valence-electron chi connectivity index (χ3n) is 5.08. The second-order valence-corrected chi connectivity index (χ2v) is 7.77. The molecule has 26 heavy (non-hydrogen) atoms. The number of amides is 1. The van der Waals surface area contributed by atoms with Crippen LogP contribution in [0.5, 0.6) is 0 Å². The molecule has 1 fully saturated rings. The number of methoxy groups -OCH3 is 2. The highest BCUT2D eigenvalue weighted by molar-refractivity contribution is 7.18. The Balaban J connectivity index is 1.63. The Bertz CT molecular complexity index is 767. The predicted molar refractivity (Wildman–Crippen MR) is 103 cm³/mol. The van der Waals surface area contributed by atoms with E-state index in [2.05, 4.69) is 34.0 Å². The number of nitrogens with one attached hydrogen (secondary N) is 1. The average molecular weight is 378 g/mol.